The normalized spacial score (nSPS) is 18.3. The fraction of sp³-hybridized carbons (Fsp3) is 0.529. The van der Waals surface area contributed by atoms with Gasteiger partial charge in [0.2, 0.25) is 5.91 Å². The van der Waals surface area contributed by atoms with Crippen LogP contribution in [0.5, 0.6) is 0 Å². The number of nitrogens with zero attached hydrogens (tertiary/aromatic N) is 1. The van der Waals surface area contributed by atoms with Crippen molar-refractivity contribution in [1.29, 1.82) is 0 Å². The Morgan fingerprint density at radius 2 is 2.00 bits per heavy atom. The predicted molar refractivity (Wildman–Crippen MR) is 83.0 cm³/mol. The van der Waals surface area contributed by atoms with Crippen LogP contribution in [-0.4, -0.2) is 35.8 Å². The second kappa shape index (κ2) is 7.81. The Morgan fingerprint density at radius 3 is 2.71 bits per heavy atom. The van der Waals surface area contributed by atoms with E-state index in [9.17, 15) is 9.59 Å². The zero-order chi connectivity index (χ0) is 15.1. The predicted octanol–water partition coefficient (Wildman–Crippen LogP) is 2.60. The second-order valence-electron chi connectivity index (χ2n) is 5.52. The molecule has 0 bridgehead atoms. The number of rotatable bonds is 5. The van der Waals surface area contributed by atoms with E-state index in [-0.39, 0.29) is 11.8 Å². The molecular formula is C17H24N2O2. The van der Waals surface area contributed by atoms with Gasteiger partial charge in [0.15, 0.2) is 0 Å². The van der Waals surface area contributed by atoms with Gasteiger partial charge in [-0.2, -0.15) is 0 Å². The molecule has 2 amide bonds. The molecule has 0 aromatic heterocycles. The van der Waals surface area contributed by atoms with Crippen LogP contribution in [0.1, 0.15) is 49.4 Å². The van der Waals surface area contributed by atoms with Gasteiger partial charge in [-0.15, -0.1) is 0 Å². The van der Waals surface area contributed by atoms with Crippen molar-refractivity contribution in [3.8, 4) is 0 Å². The van der Waals surface area contributed by atoms with E-state index in [0.29, 0.717) is 24.6 Å². The highest BCUT2D eigenvalue weighted by atomic mass is 16.2. The van der Waals surface area contributed by atoms with Gasteiger partial charge in [-0.1, -0.05) is 25.1 Å². The van der Waals surface area contributed by atoms with Crippen LogP contribution in [0.3, 0.4) is 0 Å². The van der Waals surface area contributed by atoms with Gasteiger partial charge in [-0.25, -0.2) is 0 Å². The van der Waals surface area contributed by atoms with Crippen LogP contribution in [0.2, 0.25) is 0 Å². The highest BCUT2D eigenvalue weighted by Crippen LogP contribution is 2.20. The largest absolute Gasteiger partial charge is 0.352 e. The first-order chi connectivity index (χ1) is 10.2. The van der Waals surface area contributed by atoms with Crippen molar-refractivity contribution in [3.63, 3.8) is 0 Å². The molecule has 4 heteroatoms. The Labute approximate surface area is 126 Å². The van der Waals surface area contributed by atoms with Crippen LogP contribution in [0.4, 0.5) is 0 Å². The number of benzene rings is 1. The summed E-state index contributed by atoms with van der Waals surface area (Å²) in [6.45, 7) is 3.40. The molecule has 0 radical (unpaired) electrons. The number of nitrogens with one attached hydrogen (secondary N) is 1. The number of hydrogen-bond acceptors (Lipinski definition) is 2. The summed E-state index contributed by atoms with van der Waals surface area (Å²) in [6, 6.07) is 9.47. The highest BCUT2D eigenvalue weighted by Gasteiger charge is 2.24. The van der Waals surface area contributed by atoms with E-state index >= 15 is 0 Å². The van der Waals surface area contributed by atoms with Gasteiger partial charge in [0.05, 0.1) is 0 Å². The van der Waals surface area contributed by atoms with Crippen molar-refractivity contribution in [2.24, 2.45) is 0 Å². The van der Waals surface area contributed by atoms with E-state index in [1.54, 1.807) is 12.1 Å². The lowest BCUT2D eigenvalue weighted by molar-refractivity contribution is -0.134. The van der Waals surface area contributed by atoms with Gasteiger partial charge in [0.1, 0.15) is 0 Å². The topological polar surface area (TPSA) is 49.4 Å². The Hall–Kier alpha value is -1.84. The van der Waals surface area contributed by atoms with E-state index in [1.165, 1.54) is 6.42 Å². The van der Waals surface area contributed by atoms with E-state index < -0.39 is 0 Å². The second-order valence-corrected chi connectivity index (χ2v) is 5.52. The van der Waals surface area contributed by atoms with Crippen LogP contribution < -0.4 is 5.32 Å². The summed E-state index contributed by atoms with van der Waals surface area (Å²) in [4.78, 5) is 26.1. The maximum absolute atomic E-state index is 12.3. The lowest BCUT2D eigenvalue weighted by atomic mass is 9.99. The Bertz CT molecular complexity index is 473. The molecule has 114 valence electrons. The van der Waals surface area contributed by atoms with E-state index in [1.807, 2.05) is 23.1 Å². The van der Waals surface area contributed by atoms with Crippen molar-refractivity contribution in [3.05, 3.63) is 35.9 Å². The molecule has 1 aliphatic rings. The third-order valence-corrected chi connectivity index (χ3v) is 4.08. The summed E-state index contributed by atoms with van der Waals surface area (Å²) >= 11 is 0. The van der Waals surface area contributed by atoms with E-state index in [4.69, 9.17) is 0 Å². The standard InChI is InChI=1S/C17H24N2O2/c1-2-15-10-6-7-13-19(15)16(20)11-12-18-17(21)14-8-4-3-5-9-14/h3-5,8-9,15H,2,6-7,10-13H2,1H3,(H,18,21)/t15-/m0/s1. The Morgan fingerprint density at radius 1 is 1.24 bits per heavy atom. The first-order valence-corrected chi connectivity index (χ1v) is 7.85. The number of carbonyl (C=O) groups excluding carboxylic acids is 2. The third-order valence-electron chi connectivity index (χ3n) is 4.08. The molecule has 1 aliphatic heterocycles. The van der Waals surface area contributed by atoms with Gasteiger partial charge in [-0.05, 0) is 37.8 Å². The molecular weight excluding hydrogens is 264 g/mol. The van der Waals surface area contributed by atoms with Gasteiger partial charge < -0.3 is 10.2 Å². The summed E-state index contributed by atoms with van der Waals surface area (Å²) in [5, 5.41) is 2.82. The monoisotopic (exact) mass is 288 g/mol. The summed E-state index contributed by atoms with van der Waals surface area (Å²) in [7, 11) is 0. The Kier molecular flexibility index (Phi) is 5.78. The molecule has 2 rings (SSSR count). The van der Waals surface area contributed by atoms with Crippen molar-refractivity contribution < 1.29 is 9.59 Å². The first kappa shape index (κ1) is 15.5. The highest BCUT2D eigenvalue weighted by molar-refractivity contribution is 5.94. The van der Waals surface area contributed by atoms with Crippen molar-refractivity contribution in [2.75, 3.05) is 13.1 Å². The minimum Gasteiger partial charge on any atom is -0.352 e. The number of carbonyl (C=O) groups is 2. The molecule has 21 heavy (non-hydrogen) atoms. The van der Waals surface area contributed by atoms with Crippen molar-refractivity contribution in [2.45, 2.75) is 45.1 Å². The van der Waals surface area contributed by atoms with Crippen LogP contribution in [0.25, 0.3) is 0 Å². The van der Waals surface area contributed by atoms with Gasteiger partial charge in [-0.3, -0.25) is 9.59 Å². The van der Waals surface area contributed by atoms with E-state index in [0.717, 1.165) is 25.8 Å². The average molecular weight is 288 g/mol. The summed E-state index contributed by atoms with van der Waals surface area (Å²) < 4.78 is 0. The fourth-order valence-electron chi connectivity index (χ4n) is 2.87. The number of amides is 2. The third kappa shape index (κ3) is 4.31. The molecule has 0 unspecified atom stereocenters. The fourth-order valence-corrected chi connectivity index (χ4v) is 2.87. The van der Waals surface area contributed by atoms with Crippen molar-refractivity contribution >= 4 is 11.8 Å². The van der Waals surface area contributed by atoms with Gasteiger partial charge >= 0.3 is 0 Å². The molecule has 0 aliphatic carbocycles. The summed E-state index contributed by atoms with van der Waals surface area (Å²) in [6.07, 6.45) is 4.82. The smallest absolute Gasteiger partial charge is 0.251 e. The van der Waals surface area contributed by atoms with Gasteiger partial charge in [0.25, 0.3) is 5.91 Å². The molecule has 1 fully saturated rings. The molecule has 1 atom stereocenters. The molecule has 4 nitrogen and oxygen atoms in total. The first-order valence-electron chi connectivity index (χ1n) is 7.85. The lowest BCUT2D eigenvalue weighted by Gasteiger charge is -2.35. The molecule has 0 saturated carbocycles. The van der Waals surface area contributed by atoms with Crippen LogP contribution in [-0.2, 0) is 4.79 Å². The number of hydrogen-bond donors (Lipinski definition) is 1. The van der Waals surface area contributed by atoms with Crippen molar-refractivity contribution in [1.82, 2.24) is 10.2 Å². The minimum atomic E-state index is -0.117. The Balaban J connectivity index is 1.77. The molecule has 1 N–H and O–H groups in total. The van der Waals surface area contributed by atoms with Crippen LogP contribution in [0.15, 0.2) is 30.3 Å². The van der Waals surface area contributed by atoms with E-state index in [2.05, 4.69) is 12.2 Å². The quantitative estimate of drug-likeness (QED) is 0.905. The molecule has 1 aromatic carbocycles. The maximum Gasteiger partial charge on any atom is 0.251 e. The van der Waals surface area contributed by atoms with Gasteiger partial charge in [0, 0.05) is 31.1 Å². The molecule has 1 aromatic rings. The number of likely N-dealkylation sites (tertiary alicyclic amines) is 1. The maximum atomic E-state index is 12.3. The average Bonchev–Trinajstić information content (AvgIpc) is 2.55. The molecule has 0 spiro atoms. The minimum absolute atomic E-state index is 0.117. The zero-order valence-electron chi connectivity index (χ0n) is 12.7. The lowest BCUT2D eigenvalue weighted by Crippen LogP contribution is -2.44. The summed E-state index contributed by atoms with van der Waals surface area (Å²) in [5.41, 5.74) is 0.634. The SMILES string of the molecule is CC[C@H]1CCCCN1C(=O)CCNC(=O)c1ccccc1. The summed E-state index contributed by atoms with van der Waals surface area (Å²) in [5.74, 6) is 0.0454. The molecule has 1 heterocycles. The number of piperidine rings is 1. The molecule has 1 saturated heterocycles. The van der Waals surface area contributed by atoms with Crippen LogP contribution in [0, 0.1) is 0 Å². The van der Waals surface area contributed by atoms with Crippen LogP contribution >= 0.6 is 0 Å². The zero-order valence-corrected chi connectivity index (χ0v) is 12.7.